The van der Waals surface area contributed by atoms with Gasteiger partial charge in [-0.05, 0) is 66.6 Å². The number of hydrogen-bond acceptors (Lipinski definition) is 5. The maximum Gasteiger partial charge on any atom is 0.272 e. The van der Waals surface area contributed by atoms with Crippen LogP contribution in [-0.4, -0.2) is 27.3 Å². The molecule has 2 aromatic heterocycles. The molecule has 0 amide bonds. The summed E-state index contributed by atoms with van der Waals surface area (Å²) in [5, 5.41) is 0.0979. The molecule has 7 nitrogen and oxygen atoms in total. The zero-order valence-corrected chi connectivity index (χ0v) is 19.6. The Bertz CT molecular complexity index is 1610. The number of ketones is 1. The summed E-state index contributed by atoms with van der Waals surface area (Å²) in [6.45, 7) is 2.69. The van der Waals surface area contributed by atoms with Gasteiger partial charge < -0.3 is 14.7 Å². The molecular formula is C28H24FN3O4. The zero-order valence-electron chi connectivity index (χ0n) is 19.6. The number of rotatable bonds is 8. The molecule has 8 heteroatoms. The summed E-state index contributed by atoms with van der Waals surface area (Å²) in [5.74, 6) is -0.0818. The molecule has 182 valence electrons. The highest BCUT2D eigenvalue weighted by Crippen LogP contribution is 2.13. The van der Waals surface area contributed by atoms with E-state index in [4.69, 9.17) is 4.74 Å². The number of unbranched alkanes of at least 4 members (excludes halogenated alkanes) is 1. The van der Waals surface area contributed by atoms with Crippen molar-refractivity contribution in [3.8, 4) is 5.75 Å². The van der Waals surface area contributed by atoms with Crippen LogP contribution in [-0.2, 0) is 0 Å². The van der Waals surface area contributed by atoms with E-state index in [1.54, 1.807) is 42.6 Å². The molecule has 0 aliphatic carbocycles. The fourth-order valence-electron chi connectivity index (χ4n) is 3.45. The number of pyridine rings is 1. The smallest absolute Gasteiger partial charge is 0.272 e. The third kappa shape index (κ3) is 6.09. The average Bonchev–Trinajstić information content (AvgIpc) is 2.88. The van der Waals surface area contributed by atoms with Gasteiger partial charge in [-0.2, -0.15) is 0 Å². The number of aromatic nitrogens is 3. The molecular weight excluding hydrogens is 461 g/mol. The lowest BCUT2D eigenvalue weighted by Crippen LogP contribution is -2.46. The molecule has 0 saturated carbocycles. The maximum absolute atomic E-state index is 13.2. The van der Waals surface area contributed by atoms with Gasteiger partial charge in [0.05, 0.1) is 18.5 Å². The highest BCUT2D eigenvalue weighted by Gasteiger charge is 2.09. The van der Waals surface area contributed by atoms with E-state index in [1.807, 2.05) is 0 Å². The second kappa shape index (κ2) is 11.2. The van der Waals surface area contributed by atoms with E-state index in [1.165, 1.54) is 36.4 Å². The van der Waals surface area contributed by atoms with Crippen LogP contribution in [0.1, 0.15) is 46.9 Å². The molecule has 0 aliphatic heterocycles. The van der Waals surface area contributed by atoms with Crippen LogP contribution in [0.4, 0.5) is 4.39 Å². The highest BCUT2D eigenvalue weighted by atomic mass is 19.1. The fourth-order valence-corrected chi connectivity index (χ4v) is 3.45. The maximum atomic E-state index is 13.2. The lowest BCUT2D eigenvalue weighted by Gasteiger charge is -2.04. The number of ether oxygens (including phenoxy) is 1. The molecule has 0 radical (unpaired) electrons. The SMILES string of the molecule is CCCCOc1ccc(/C=c2\[nH]c(=O)/c(=C/c3cccc(C(=O)c4ccc(F)cc4)c3)[nH]c2=O)nc1. The summed E-state index contributed by atoms with van der Waals surface area (Å²) in [4.78, 5) is 47.4. The zero-order chi connectivity index (χ0) is 25.5. The first-order valence-electron chi connectivity index (χ1n) is 11.5. The number of H-pyrrole nitrogens is 2. The van der Waals surface area contributed by atoms with E-state index < -0.39 is 16.9 Å². The van der Waals surface area contributed by atoms with Crippen LogP contribution in [0.2, 0.25) is 0 Å². The molecule has 0 atom stereocenters. The van der Waals surface area contributed by atoms with Crippen molar-refractivity contribution < 1.29 is 13.9 Å². The van der Waals surface area contributed by atoms with E-state index in [0.717, 1.165) is 12.8 Å². The van der Waals surface area contributed by atoms with Crippen LogP contribution in [0, 0.1) is 5.82 Å². The Morgan fingerprint density at radius 2 is 1.67 bits per heavy atom. The predicted molar refractivity (Wildman–Crippen MR) is 135 cm³/mol. The van der Waals surface area contributed by atoms with Gasteiger partial charge in [-0.3, -0.25) is 19.4 Å². The Kier molecular flexibility index (Phi) is 7.65. The molecule has 0 unspecified atom stereocenters. The van der Waals surface area contributed by atoms with E-state index in [9.17, 15) is 18.8 Å². The minimum Gasteiger partial charge on any atom is -0.492 e. The molecule has 36 heavy (non-hydrogen) atoms. The van der Waals surface area contributed by atoms with Crippen molar-refractivity contribution in [2.75, 3.05) is 6.61 Å². The Labute approximate surface area is 205 Å². The molecule has 4 rings (SSSR count). The number of hydrogen-bond donors (Lipinski definition) is 2. The van der Waals surface area contributed by atoms with Crippen molar-refractivity contribution in [1.29, 1.82) is 0 Å². The molecule has 2 N–H and O–H groups in total. The molecule has 0 spiro atoms. The first-order valence-corrected chi connectivity index (χ1v) is 11.5. The van der Waals surface area contributed by atoms with Gasteiger partial charge in [-0.15, -0.1) is 0 Å². The quantitative estimate of drug-likeness (QED) is 0.295. The van der Waals surface area contributed by atoms with Crippen molar-refractivity contribution in [2.45, 2.75) is 19.8 Å². The lowest BCUT2D eigenvalue weighted by atomic mass is 10.0. The Morgan fingerprint density at radius 1 is 0.944 bits per heavy atom. The van der Waals surface area contributed by atoms with Crippen LogP contribution < -0.4 is 26.6 Å². The van der Waals surface area contributed by atoms with Crippen LogP contribution >= 0.6 is 0 Å². The number of halogens is 1. The van der Waals surface area contributed by atoms with Crippen molar-refractivity contribution in [3.05, 3.63) is 126 Å². The van der Waals surface area contributed by atoms with Crippen molar-refractivity contribution >= 4 is 17.9 Å². The monoisotopic (exact) mass is 485 g/mol. The number of carbonyl (C=O) groups is 1. The van der Waals surface area contributed by atoms with Gasteiger partial charge in [0.1, 0.15) is 22.3 Å². The topological polar surface area (TPSA) is 105 Å². The number of carbonyl (C=O) groups excluding carboxylic acids is 1. The summed E-state index contributed by atoms with van der Waals surface area (Å²) >= 11 is 0. The minimum absolute atomic E-state index is 0.0381. The van der Waals surface area contributed by atoms with Crippen LogP contribution in [0.5, 0.6) is 5.75 Å². The lowest BCUT2D eigenvalue weighted by molar-refractivity contribution is 0.103. The number of aromatic amines is 2. The minimum atomic E-state index is -0.504. The van der Waals surface area contributed by atoms with Gasteiger partial charge >= 0.3 is 0 Å². The number of benzene rings is 2. The van der Waals surface area contributed by atoms with Crippen molar-refractivity contribution in [1.82, 2.24) is 15.0 Å². The standard InChI is InChI=1S/C28H24FN3O4/c1-2-3-13-36-23-12-11-22(30-17-23)16-25-28(35)31-24(27(34)32-25)15-18-5-4-6-20(14-18)26(33)19-7-9-21(29)10-8-19/h4-12,14-17H,2-3,13H2,1H3,(H,31,35)(H,32,34)/b24-15-,25-16-. The largest absolute Gasteiger partial charge is 0.492 e. The molecule has 0 aliphatic rings. The molecule has 0 saturated heterocycles. The van der Waals surface area contributed by atoms with E-state index >= 15 is 0 Å². The third-order valence-electron chi connectivity index (χ3n) is 5.37. The van der Waals surface area contributed by atoms with Gasteiger partial charge in [-0.25, -0.2) is 4.39 Å². The second-order valence-electron chi connectivity index (χ2n) is 8.11. The predicted octanol–water partition coefficient (Wildman–Crippen LogP) is 2.66. The van der Waals surface area contributed by atoms with Gasteiger partial charge in [0.2, 0.25) is 0 Å². The van der Waals surface area contributed by atoms with Gasteiger partial charge in [0.15, 0.2) is 5.78 Å². The first-order chi connectivity index (χ1) is 17.4. The molecule has 4 aromatic rings. The molecule has 2 aromatic carbocycles. The molecule has 0 bridgehead atoms. The molecule has 0 fully saturated rings. The van der Waals surface area contributed by atoms with Crippen molar-refractivity contribution in [2.24, 2.45) is 0 Å². The Hall–Kier alpha value is -4.59. The summed E-state index contributed by atoms with van der Waals surface area (Å²) in [5.41, 5.74) is 0.741. The number of nitrogens with one attached hydrogen (secondary N) is 2. The second-order valence-corrected chi connectivity index (χ2v) is 8.11. The van der Waals surface area contributed by atoms with E-state index in [0.29, 0.717) is 34.7 Å². The summed E-state index contributed by atoms with van der Waals surface area (Å²) in [6, 6.07) is 15.3. The van der Waals surface area contributed by atoms with Crippen LogP contribution in [0.15, 0.2) is 76.4 Å². The van der Waals surface area contributed by atoms with Gasteiger partial charge in [-0.1, -0.05) is 31.5 Å². The van der Waals surface area contributed by atoms with Gasteiger partial charge in [0, 0.05) is 11.1 Å². The Balaban J connectivity index is 1.60. The van der Waals surface area contributed by atoms with E-state index in [-0.39, 0.29) is 16.5 Å². The highest BCUT2D eigenvalue weighted by molar-refractivity contribution is 6.09. The van der Waals surface area contributed by atoms with Crippen molar-refractivity contribution in [3.63, 3.8) is 0 Å². The summed E-state index contributed by atoms with van der Waals surface area (Å²) in [6.07, 6.45) is 6.50. The van der Waals surface area contributed by atoms with Crippen LogP contribution in [0.3, 0.4) is 0 Å². The Morgan fingerprint density at radius 3 is 2.33 bits per heavy atom. The third-order valence-corrected chi connectivity index (χ3v) is 5.37. The fraction of sp³-hybridized carbons (Fsp3) is 0.143. The average molecular weight is 486 g/mol. The van der Waals surface area contributed by atoms with Crippen LogP contribution in [0.25, 0.3) is 12.2 Å². The van der Waals surface area contributed by atoms with E-state index in [2.05, 4.69) is 21.9 Å². The molecule has 2 heterocycles. The summed E-state index contributed by atoms with van der Waals surface area (Å²) in [7, 11) is 0. The first kappa shape index (κ1) is 24.5. The normalized spacial score (nSPS) is 12.1. The summed E-state index contributed by atoms with van der Waals surface area (Å²) < 4.78 is 18.7. The van der Waals surface area contributed by atoms with Gasteiger partial charge in [0.25, 0.3) is 11.1 Å². The number of nitrogens with zero attached hydrogens (tertiary/aromatic N) is 1.